The maximum absolute atomic E-state index is 11.1. The van der Waals surface area contributed by atoms with Crippen LogP contribution in [0.5, 0.6) is 0 Å². The molecular weight excluding hydrogens is 236 g/mol. The molecule has 0 unspecified atom stereocenters. The van der Waals surface area contributed by atoms with Crippen LogP contribution >= 0.6 is 11.3 Å². The molecular formula is C12H12N2O2S. The summed E-state index contributed by atoms with van der Waals surface area (Å²) in [5.41, 5.74) is 7.87. The minimum absolute atomic E-state index is 0.267. The number of carbonyl (C=O) groups is 1. The summed E-state index contributed by atoms with van der Waals surface area (Å²) < 4.78 is 0. The Bertz CT molecular complexity index is 563. The first-order chi connectivity index (χ1) is 8.13. The lowest BCUT2D eigenvalue weighted by Gasteiger charge is -2.05. The normalized spacial score (nSPS) is 10.5. The van der Waals surface area contributed by atoms with E-state index >= 15 is 0 Å². The third-order valence-corrected chi connectivity index (χ3v) is 3.38. The average Bonchev–Trinajstić information content (AvgIpc) is 2.71. The number of aromatic nitrogens is 1. The van der Waals surface area contributed by atoms with Crippen LogP contribution in [0, 0.1) is 6.92 Å². The van der Waals surface area contributed by atoms with Gasteiger partial charge in [-0.1, -0.05) is 24.3 Å². The van der Waals surface area contributed by atoms with Crippen molar-refractivity contribution in [1.82, 2.24) is 4.98 Å². The van der Waals surface area contributed by atoms with Crippen LogP contribution < -0.4 is 5.73 Å². The monoisotopic (exact) mass is 248 g/mol. The largest absolute Gasteiger partial charge is 0.477 e. The Hall–Kier alpha value is -1.72. The molecule has 0 aliphatic heterocycles. The molecule has 2 aromatic rings. The number of hydrogen-bond acceptors (Lipinski definition) is 4. The van der Waals surface area contributed by atoms with Gasteiger partial charge in [-0.25, -0.2) is 9.78 Å². The quantitative estimate of drug-likeness (QED) is 0.873. The minimum atomic E-state index is -0.947. The van der Waals surface area contributed by atoms with Gasteiger partial charge in [-0.05, 0) is 12.5 Å². The summed E-state index contributed by atoms with van der Waals surface area (Å²) in [6.07, 6.45) is 0. The van der Waals surface area contributed by atoms with E-state index in [1.54, 1.807) is 6.92 Å². The molecule has 0 bridgehead atoms. The number of nitrogens with zero attached hydrogens (tertiary/aromatic N) is 1. The molecule has 0 amide bonds. The SMILES string of the molecule is Cc1nc(-c2ccccc2CN)c(C(=O)O)s1. The summed E-state index contributed by atoms with van der Waals surface area (Å²) in [7, 11) is 0. The van der Waals surface area contributed by atoms with Gasteiger partial charge < -0.3 is 10.8 Å². The van der Waals surface area contributed by atoms with Gasteiger partial charge in [0.05, 0.1) is 10.7 Å². The fraction of sp³-hybridized carbons (Fsp3) is 0.167. The number of hydrogen-bond donors (Lipinski definition) is 2. The van der Waals surface area contributed by atoms with E-state index < -0.39 is 5.97 Å². The lowest BCUT2D eigenvalue weighted by Crippen LogP contribution is -2.01. The van der Waals surface area contributed by atoms with Gasteiger partial charge in [-0.15, -0.1) is 11.3 Å². The van der Waals surface area contributed by atoms with Crippen LogP contribution in [0.4, 0.5) is 0 Å². The number of rotatable bonds is 3. The molecule has 88 valence electrons. The van der Waals surface area contributed by atoms with Crippen molar-refractivity contribution in [2.24, 2.45) is 5.73 Å². The summed E-state index contributed by atoms with van der Waals surface area (Å²) in [5.74, 6) is -0.947. The van der Waals surface area contributed by atoms with Crippen molar-refractivity contribution in [1.29, 1.82) is 0 Å². The fourth-order valence-electron chi connectivity index (χ4n) is 1.68. The minimum Gasteiger partial charge on any atom is -0.477 e. The second-order valence-corrected chi connectivity index (χ2v) is 4.78. The van der Waals surface area contributed by atoms with Crippen LogP contribution in [-0.2, 0) is 6.54 Å². The van der Waals surface area contributed by atoms with Crippen molar-refractivity contribution in [2.75, 3.05) is 0 Å². The van der Waals surface area contributed by atoms with E-state index in [-0.39, 0.29) is 4.88 Å². The van der Waals surface area contributed by atoms with Gasteiger partial charge in [0.2, 0.25) is 0 Å². The molecule has 0 spiro atoms. The molecule has 1 aromatic heterocycles. The molecule has 17 heavy (non-hydrogen) atoms. The lowest BCUT2D eigenvalue weighted by molar-refractivity contribution is 0.0702. The van der Waals surface area contributed by atoms with Crippen LogP contribution in [-0.4, -0.2) is 16.1 Å². The van der Waals surface area contributed by atoms with Crippen molar-refractivity contribution >= 4 is 17.3 Å². The Labute approximate surface area is 103 Å². The van der Waals surface area contributed by atoms with E-state index in [0.29, 0.717) is 12.2 Å². The molecule has 0 aliphatic rings. The van der Waals surface area contributed by atoms with Gasteiger partial charge in [0, 0.05) is 12.1 Å². The molecule has 3 N–H and O–H groups in total. The van der Waals surface area contributed by atoms with Crippen LogP contribution in [0.25, 0.3) is 11.3 Å². The van der Waals surface area contributed by atoms with Gasteiger partial charge in [-0.3, -0.25) is 0 Å². The highest BCUT2D eigenvalue weighted by Crippen LogP contribution is 2.30. The molecule has 0 aliphatic carbocycles. The van der Waals surface area contributed by atoms with Gasteiger partial charge in [0.1, 0.15) is 4.88 Å². The second-order valence-electron chi connectivity index (χ2n) is 3.58. The summed E-state index contributed by atoms with van der Waals surface area (Å²) in [6.45, 7) is 2.16. The zero-order valence-electron chi connectivity index (χ0n) is 9.30. The van der Waals surface area contributed by atoms with Gasteiger partial charge in [0.15, 0.2) is 0 Å². The number of aryl methyl sites for hydroxylation is 1. The molecule has 4 nitrogen and oxygen atoms in total. The predicted octanol–water partition coefficient (Wildman–Crippen LogP) is 2.28. The molecule has 0 radical (unpaired) electrons. The van der Waals surface area contributed by atoms with E-state index in [9.17, 15) is 4.79 Å². The number of nitrogens with two attached hydrogens (primary N) is 1. The topological polar surface area (TPSA) is 76.2 Å². The highest BCUT2D eigenvalue weighted by Gasteiger charge is 2.18. The van der Waals surface area contributed by atoms with Gasteiger partial charge in [0.25, 0.3) is 0 Å². The van der Waals surface area contributed by atoms with Crippen molar-refractivity contribution in [3.63, 3.8) is 0 Å². The van der Waals surface area contributed by atoms with E-state index in [0.717, 1.165) is 16.1 Å². The summed E-state index contributed by atoms with van der Waals surface area (Å²) in [4.78, 5) is 15.7. The molecule has 0 atom stereocenters. The van der Waals surface area contributed by atoms with Gasteiger partial charge in [-0.2, -0.15) is 0 Å². The fourth-order valence-corrected chi connectivity index (χ4v) is 2.46. The number of benzene rings is 1. The molecule has 0 saturated carbocycles. The summed E-state index contributed by atoms with van der Waals surface area (Å²) >= 11 is 1.19. The molecule has 0 fully saturated rings. The maximum atomic E-state index is 11.1. The van der Waals surface area contributed by atoms with Crippen LogP contribution in [0.2, 0.25) is 0 Å². The molecule has 1 heterocycles. The molecule has 5 heteroatoms. The van der Waals surface area contributed by atoms with Crippen molar-refractivity contribution in [2.45, 2.75) is 13.5 Å². The van der Waals surface area contributed by atoms with E-state index in [4.69, 9.17) is 10.8 Å². The third kappa shape index (κ3) is 2.20. The standard InChI is InChI=1S/C12H12N2O2S/c1-7-14-10(11(17-7)12(15)16)9-5-3-2-4-8(9)6-13/h2-5H,6,13H2,1H3,(H,15,16). The zero-order valence-corrected chi connectivity index (χ0v) is 10.1. The highest BCUT2D eigenvalue weighted by molar-refractivity contribution is 7.14. The van der Waals surface area contributed by atoms with Crippen LogP contribution in [0.15, 0.2) is 24.3 Å². The Morgan fingerprint density at radius 1 is 1.47 bits per heavy atom. The molecule has 1 aromatic carbocycles. The van der Waals surface area contributed by atoms with Gasteiger partial charge >= 0.3 is 5.97 Å². The van der Waals surface area contributed by atoms with Crippen molar-refractivity contribution in [3.8, 4) is 11.3 Å². The Kier molecular flexibility index (Phi) is 3.21. The molecule has 2 rings (SSSR count). The summed E-state index contributed by atoms with van der Waals surface area (Å²) in [6, 6.07) is 7.47. The van der Waals surface area contributed by atoms with Crippen LogP contribution in [0.3, 0.4) is 0 Å². The third-order valence-electron chi connectivity index (χ3n) is 2.42. The Morgan fingerprint density at radius 2 is 2.18 bits per heavy atom. The van der Waals surface area contributed by atoms with E-state index in [1.807, 2.05) is 24.3 Å². The zero-order chi connectivity index (χ0) is 12.4. The summed E-state index contributed by atoms with van der Waals surface area (Å²) in [5, 5.41) is 9.88. The lowest BCUT2D eigenvalue weighted by atomic mass is 10.0. The van der Waals surface area contributed by atoms with E-state index in [2.05, 4.69) is 4.98 Å². The first kappa shape index (κ1) is 11.8. The van der Waals surface area contributed by atoms with E-state index in [1.165, 1.54) is 11.3 Å². The van der Waals surface area contributed by atoms with Crippen molar-refractivity contribution < 1.29 is 9.90 Å². The molecule has 0 saturated heterocycles. The Morgan fingerprint density at radius 3 is 2.82 bits per heavy atom. The first-order valence-corrected chi connectivity index (χ1v) is 5.94. The smallest absolute Gasteiger partial charge is 0.348 e. The predicted molar refractivity (Wildman–Crippen MR) is 67.1 cm³/mol. The highest BCUT2D eigenvalue weighted by atomic mass is 32.1. The first-order valence-electron chi connectivity index (χ1n) is 5.12. The Balaban J connectivity index is 2.63. The maximum Gasteiger partial charge on any atom is 0.348 e. The number of carboxylic acid groups (broad SMARTS) is 1. The van der Waals surface area contributed by atoms with Crippen LogP contribution in [0.1, 0.15) is 20.2 Å². The average molecular weight is 248 g/mol. The van der Waals surface area contributed by atoms with Crippen molar-refractivity contribution in [3.05, 3.63) is 39.7 Å². The second kappa shape index (κ2) is 4.65. The number of carboxylic acids is 1. The number of aromatic carboxylic acids is 1. The number of thiazole rings is 1.